The van der Waals surface area contributed by atoms with Gasteiger partial charge in [-0.2, -0.15) is 0 Å². The Balaban J connectivity index is 3.10. The van der Waals surface area contributed by atoms with Crippen molar-refractivity contribution in [3.05, 3.63) is 33.4 Å². The number of benzene rings is 1. The third-order valence-corrected chi connectivity index (χ3v) is 7.69. The maximum Gasteiger partial charge on any atom is 0.0221 e. The van der Waals surface area contributed by atoms with E-state index in [4.69, 9.17) is 0 Å². The second-order valence-corrected chi connectivity index (χ2v) is 9.88. The number of fused-ring (bicyclic) bond motifs is 1. The number of rotatable bonds is 0. The zero-order valence-electron chi connectivity index (χ0n) is 17.5. The molecule has 1 heteroatoms. The minimum atomic E-state index is 0.0118. The summed E-state index contributed by atoms with van der Waals surface area (Å²) in [4.78, 5) is 0. The molecule has 1 aromatic rings. The average Bonchev–Trinajstić information content (AvgIpc) is 2.40. The van der Waals surface area contributed by atoms with E-state index in [-0.39, 0.29) is 21.9 Å². The molecule has 1 N–H and O–H groups in total. The molecule has 2 rings (SSSR count). The van der Waals surface area contributed by atoms with Gasteiger partial charge < -0.3 is 5.32 Å². The van der Waals surface area contributed by atoms with E-state index in [1.807, 2.05) is 0 Å². The summed E-state index contributed by atoms with van der Waals surface area (Å²) in [6.07, 6.45) is 0. The molecule has 1 nitrogen and oxygen atoms in total. The minimum Gasteiger partial charge on any atom is -0.305 e. The third kappa shape index (κ3) is 2.22. The van der Waals surface area contributed by atoms with Gasteiger partial charge in [-0.3, -0.25) is 0 Å². The molecule has 0 saturated carbocycles. The van der Waals surface area contributed by atoms with E-state index in [0.717, 1.165) is 0 Å². The summed E-state index contributed by atoms with van der Waals surface area (Å²) in [5, 5.41) is 4.02. The van der Waals surface area contributed by atoms with Gasteiger partial charge in [-0.15, -0.1) is 0 Å². The highest BCUT2D eigenvalue weighted by atomic mass is 15.1. The molecule has 0 fully saturated rings. The molecule has 130 valence electrons. The van der Waals surface area contributed by atoms with Gasteiger partial charge in [-0.25, -0.2) is 0 Å². The number of hydrogen-bond donors (Lipinski definition) is 1. The van der Waals surface area contributed by atoms with Crippen molar-refractivity contribution >= 4 is 0 Å². The van der Waals surface area contributed by atoms with Crippen LogP contribution in [-0.4, -0.2) is 11.1 Å². The molecule has 0 aliphatic carbocycles. The van der Waals surface area contributed by atoms with Crippen molar-refractivity contribution in [3.8, 4) is 0 Å². The van der Waals surface area contributed by atoms with Crippen LogP contribution in [0.5, 0.6) is 0 Å². The average molecular weight is 316 g/mol. The predicted molar refractivity (Wildman–Crippen MR) is 103 cm³/mol. The van der Waals surface area contributed by atoms with Crippen LogP contribution in [0, 0.1) is 27.7 Å². The van der Waals surface area contributed by atoms with Crippen molar-refractivity contribution < 1.29 is 0 Å². The molecule has 0 amide bonds. The highest BCUT2D eigenvalue weighted by molar-refractivity contribution is 5.58. The van der Waals surface area contributed by atoms with Crippen molar-refractivity contribution in [2.45, 2.75) is 105 Å². The first-order valence-electron chi connectivity index (χ1n) is 9.00. The maximum atomic E-state index is 4.02. The van der Waals surface area contributed by atoms with Gasteiger partial charge in [-0.05, 0) is 88.8 Å². The van der Waals surface area contributed by atoms with Gasteiger partial charge in [0.25, 0.3) is 0 Å². The fourth-order valence-electron chi connectivity index (χ4n) is 4.59. The van der Waals surface area contributed by atoms with Gasteiger partial charge in [0, 0.05) is 21.9 Å². The lowest BCUT2D eigenvalue weighted by Crippen LogP contribution is -2.63. The normalized spacial score (nSPS) is 24.0. The zero-order chi connectivity index (χ0) is 18.2. The van der Waals surface area contributed by atoms with Crippen LogP contribution in [0.1, 0.15) is 88.8 Å². The van der Waals surface area contributed by atoms with E-state index >= 15 is 0 Å². The fraction of sp³-hybridized carbons (Fsp3) is 0.727. The second-order valence-electron chi connectivity index (χ2n) is 9.88. The van der Waals surface area contributed by atoms with Crippen molar-refractivity contribution in [2.75, 3.05) is 0 Å². The monoisotopic (exact) mass is 315 g/mol. The molecule has 0 aromatic heterocycles. The molecule has 0 spiro atoms. The van der Waals surface area contributed by atoms with Crippen LogP contribution in [0.2, 0.25) is 0 Å². The van der Waals surface area contributed by atoms with Crippen LogP contribution < -0.4 is 5.32 Å². The molecule has 0 bridgehead atoms. The zero-order valence-corrected chi connectivity index (χ0v) is 17.5. The van der Waals surface area contributed by atoms with Gasteiger partial charge in [-0.1, -0.05) is 27.7 Å². The molecule has 1 heterocycles. The quantitative estimate of drug-likeness (QED) is 0.653. The summed E-state index contributed by atoms with van der Waals surface area (Å²) in [7, 11) is 0. The molecule has 1 aliphatic rings. The molecule has 23 heavy (non-hydrogen) atoms. The Morgan fingerprint density at radius 2 is 0.739 bits per heavy atom. The Hall–Kier alpha value is -0.820. The smallest absolute Gasteiger partial charge is 0.0221 e. The number of nitrogens with one attached hydrogen (secondary N) is 1. The summed E-state index contributed by atoms with van der Waals surface area (Å²) in [5.41, 5.74) is 9.14. The van der Waals surface area contributed by atoms with Crippen LogP contribution in [0.4, 0.5) is 0 Å². The van der Waals surface area contributed by atoms with Crippen LogP contribution in [-0.2, 0) is 10.8 Å². The lowest BCUT2D eigenvalue weighted by atomic mass is 9.62. The SMILES string of the molecule is Cc1c(C)c(C)c2c(c1C)C(C)(C)C(C)(C)NC(C)(C)C2(C)C. The topological polar surface area (TPSA) is 12.0 Å². The second kappa shape index (κ2) is 4.85. The minimum absolute atomic E-state index is 0.0118. The van der Waals surface area contributed by atoms with E-state index in [2.05, 4.69) is 88.4 Å². The summed E-state index contributed by atoms with van der Waals surface area (Å²) in [6.45, 7) is 28.3. The fourth-order valence-corrected chi connectivity index (χ4v) is 4.59. The van der Waals surface area contributed by atoms with Crippen LogP contribution >= 0.6 is 0 Å². The highest BCUT2D eigenvalue weighted by Gasteiger charge is 2.53. The van der Waals surface area contributed by atoms with Crippen LogP contribution in [0.25, 0.3) is 0 Å². The molecule has 0 radical (unpaired) electrons. The van der Waals surface area contributed by atoms with Gasteiger partial charge in [0.2, 0.25) is 0 Å². The molecule has 0 saturated heterocycles. The van der Waals surface area contributed by atoms with Crippen molar-refractivity contribution in [1.29, 1.82) is 0 Å². The number of hydrogen-bond acceptors (Lipinski definition) is 1. The molecule has 1 aromatic carbocycles. The Kier molecular flexibility index (Phi) is 3.90. The van der Waals surface area contributed by atoms with Crippen molar-refractivity contribution in [3.63, 3.8) is 0 Å². The first-order valence-corrected chi connectivity index (χ1v) is 9.00. The summed E-state index contributed by atoms with van der Waals surface area (Å²) in [6, 6.07) is 0. The van der Waals surface area contributed by atoms with Gasteiger partial charge in [0.1, 0.15) is 0 Å². The van der Waals surface area contributed by atoms with Crippen molar-refractivity contribution in [2.24, 2.45) is 0 Å². The first-order chi connectivity index (χ1) is 10.1. The Morgan fingerprint density at radius 3 is 1.00 bits per heavy atom. The van der Waals surface area contributed by atoms with E-state index in [1.54, 1.807) is 11.1 Å². The summed E-state index contributed by atoms with van der Waals surface area (Å²) >= 11 is 0. The molecular weight excluding hydrogens is 278 g/mol. The molecular formula is C22H37N. The summed E-state index contributed by atoms with van der Waals surface area (Å²) in [5.74, 6) is 0. The molecule has 1 aliphatic heterocycles. The van der Waals surface area contributed by atoms with Gasteiger partial charge in [0.05, 0.1) is 0 Å². The summed E-state index contributed by atoms with van der Waals surface area (Å²) < 4.78 is 0. The Morgan fingerprint density at radius 1 is 0.478 bits per heavy atom. The molecule has 0 atom stereocenters. The van der Waals surface area contributed by atoms with E-state index < -0.39 is 0 Å². The molecule has 0 unspecified atom stereocenters. The first kappa shape index (κ1) is 18.5. The van der Waals surface area contributed by atoms with E-state index in [0.29, 0.717) is 0 Å². The van der Waals surface area contributed by atoms with Crippen LogP contribution in [0.3, 0.4) is 0 Å². The standard InChI is InChI=1S/C22H37N/c1-13-14(2)16(4)18-17(15(13)3)19(5,6)21(9,10)23-22(11,12)20(18,7)8/h23H,1-12H3. The lowest BCUT2D eigenvalue weighted by molar-refractivity contribution is 0.146. The third-order valence-electron chi connectivity index (χ3n) is 7.69. The van der Waals surface area contributed by atoms with Gasteiger partial charge in [0.15, 0.2) is 0 Å². The largest absolute Gasteiger partial charge is 0.305 e. The Labute approximate surface area is 144 Å². The van der Waals surface area contributed by atoms with Gasteiger partial charge >= 0.3 is 0 Å². The highest BCUT2D eigenvalue weighted by Crippen LogP contribution is 2.52. The Bertz CT molecular complexity index is 600. The van der Waals surface area contributed by atoms with Crippen LogP contribution in [0.15, 0.2) is 0 Å². The predicted octanol–water partition coefficient (Wildman–Crippen LogP) is 5.64. The van der Waals surface area contributed by atoms with E-state index in [1.165, 1.54) is 22.3 Å². The van der Waals surface area contributed by atoms with Crippen molar-refractivity contribution in [1.82, 2.24) is 5.32 Å². The van der Waals surface area contributed by atoms with E-state index in [9.17, 15) is 0 Å². The maximum absolute atomic E-state index is 4.02. The lowest BCUT2D eigenvalue weighted by Gasteiger charge is -2.48.